The Morgan fingerprint density at radius 3 is 2.58 bits per heavy atom. The van der Waals surface area contributed by atoms with Crippen LogP contribution < -0.4 is 4.74 Å². The number of likely N-dealkylation sites (tertiary alicyclic amines) is 2. The highest BCUT2D eigenvalue weighted by molar-refractivity contribution is 5.66. The number of non-ortho nitro benzene ring substituents is 1. The fourth-order valence-corrected chi connectivity index (χ4v) is 3.47. The van der Waals surface area contributed by atoms with Crippen LogP contribution in [0.15, 0.2) is 18.2 Å². The normalized spacial score (nSPS) is 22.7. The van der Waals surface area contributed by atoms with Crippen molar-refractivity contribution in [1.29, 1.82) is 0 Å². The van der Waals surface area contributed by atoms with E-state index in [-0.39, 0.29) is 24.4 Å². The Kier molecular flexibility index (Phi) is 4.65. The number of carboxylic acid groups (broad SMARTS) is 1. The first-order chi connectivity index (χ1) is 12.1. The summed E-state index contributed by atoms with van der Waals surface area (Å²) in [4.78, 5) is 24.3. The number of nitrogens with zero attached hydrogens (tertiary/aromatic N) is 3. The van der Waals surface area contributed by atoms with Gasteiger partial charge in [-0.2, -0.15) is 13.2 Å². The van der Waals surface area contributed by atoms with E-state index in [1.807, 2.05) is 4.90 Å². The Balaban J connectivity index is 1.60. The van der Waals surface area contributed by atoms with Gasteiger partial charge in [-0.15, -0.1) is 0 Å². The van der Waals surface area contributed by atoms with Crippen LogP contribution in [-0.2, 0) is 6.18 Å². The Bertz CT molecular complexity index is 727. The Labute approximate surface area is 145 Å². The smallest absolute Gasteiger partial charge is 0.416 e. The van der Waals surface area contributed by atoms with Crippen molar-refractivity contribution in [2.24, 2.45) is 0 Å². The van der Waals surface area contributed by atoms with E-state index in [1.54, 1.807) is 0 Å². The van der Waals surface area contributed by atoms with E-state index in [2.05, 4.69) is 0 Å². The molecule has 2 aliphatic heterocycles. The predicted octanol–water partition coefficient (Wildman–Crippen LogP) is 2.43. The molecule has 26 heavy (non-hydrogen) atoms. The molecule has 2 fully saturated rings. The highest BCUT2D eigenvalue weighted by Crippen LogP contribution is 2.35. The van der Waals surface area contributed by atoms with Crippen LogP contribution >= 0.6 is 0 Å². The summed E-state index contributed by atoms with van der Waals surface area (Å²) in [7, 11) is 0. The minimum absolute atomic E-state index is 0.0504. The third-order valence-corrected chi connectivity index (χ3v) is 4.68. The number of carbonyl (C=O) groups is 1. The molecule has 1 N–H and O–H groups in total. The van der Waals surface area contributed by atoms with Gasteiger partial charge >= 0.3 is 12.3 Å². The number of nitro benzene ring substituents is 1. The minimum Gasteiger partial charge on any atom is -0.492 e. The summed E-state index contributed by atoms with van der Waals surface area (Å²) in [5.74, 6) is -0.219. The predicted molar refractivity (Wildman–Crippen MR) is 82.1 cm³/mol. The largest absolute Gasteiger partial charge is 0.492 e. The summed E-state index contributed by atoms with van der Waals surface area (Å²) in [6, 6.07) is 2.14. The van der Waals surface area contributed by atoms with E-state index in [0.717, 1.165) is 18.6 Å². The van der Waals surface area contributed by atoms with Crippen LogP contribution in [0.5, 0.6) is 5.75 Å². The quantitative estimate of drug-likeness (QED) is 0.627. The second-order valence-electron chi connectivity index (χ2n) is 6.29. The molecule has 2 saturated heterocycles. The van der Waals surface area contributed by atoms with Gasteiger partial charge in [-0.25, -0.2) is 4.79 Å². The molecule has 0 saturated carbocycles. The van der Waals surface area contributed by atoms with Gasteiger partial charge in [-0.3, -0.25) is 15.0 Å². The Morgan fingerprint density at radius 2 is 2.04 bits per heavy atom. The molecule has 0 aliphatic carbocycles. The molecule has 1 aromatic rings. The van der Waals surface area contributed by atoms with Crippen molar-refractivity contribution in [1.82, 2.24) is 9.80 Å². The van der Waals surface area contributed by atoms with E-state index < -0.39 is 28.4 Å². The second kappa shape index (κ2) is 6.63. The lowest BCUT2D eigenvalue weighted by Crippen LogP contribution is -2.49. The van der Waals surface area contributed by atoms with Crippen molar-refractivity contribution in [2.75, 3.05) is 26.2 Å². The van der Waals surface area contributed by atoms with Crippen LogP contribution in [-0.4, -0.2) is 64.2 Å². The molecule has 2 unspecified atom stereocenters. The molecule has 0 radical (unpaired) electrons. The fourth-order valence-electron chi connectivity index (χ4n) is 3.47. The molecule has 3 rings (SSSR count). The summed E-state index contributed by atoms with van der Waals surface area (Å²) >= 11 is 0. The lowest BCUT2D eigenvalue weighted by molar-refractivity contribution is -0.385. The third-order valence-electron chi connectivity index (χ3n) is 4.68. The number of fused-ring (bicyclic) bond motifs is 2. The van der Waals surface area contributed by atoms with Gasteiger partial charge in [0.25, 0.3) is 5.69 Å². The monoisotopic (exact) mass is 375 g/mol. The van der Waals surface area contributed by atoms with Gasteiger partial charge < -0.3 is 14.7 Å². The summed E-state index contributed by atoms with van der Waals surface area (Å²) < 4.78 is 43.8. The number of alkyl halides is 3. The van der Waals surface area contributed by atoms with Gasteiger partial charge in [0.2, 0.25) is 0 Å². The van der Waals surface area contributed by atoms with Crippen molar-refractivity contribution < 1.29 is 32.7 Å². The first-order valence-electron chi connectivity index (χ1n) is 7.88. The summed E-state index contributed by atoms with van der Waals surface area (Å²) in [6.45, 7) is 1.39. The van der Waals surface area contributed by atoms with E-state index in [4.69, 9.17) is 9.84 Å². The van der Waals surface area contributed by atoms with Crippen molar-refractivity contribution in [3.63, 3.8) is 0 Å². The average molecular weight is 375 g/mol. The maximum atomic E-state index is 12.8. The first kappa shape index (κ1) is 18.2. The number of rotatable bonds is 5. The molecule has 2 heterocycles. The zero-order valence-corrected chi connectivity index (χ0v) is 13.5. The molecular weight excluding hydrogens is 359 g/mol. The molecule has 0 spiro atoms. The standard InChI is InChI=1S/C15H16F3N3O5/c16-15(17,18)9-3-10(21(24)25)6-13(4-9)26-2-1-19-7-12-5-11(19)8-20(12)14(22)23/h3-4,6,11-12H,1-2,5,7-8H2,(H,22,23). The van der Waals surface area contributed by atoms with E-state index >= 15 is 0 Å². The fraction of sp³-hybridized carbons (Fsp3) is 0.533. The maximum absolute atomic E-state index is 12.8. The average Bonchev–Trinajstić information content (AvgIpc) is 3.14. The Morgan fingerprint density at radius 1 is 1.31 bits per heavy atom. The van der Waals surface area contributed by atoms with Crippen LogP contribution in [0, 0.1) is 10.1 Å². The number of amides is 1. The number of hydrogen-bond acceptors (Lipinski definition) is 5. The third kappa shape index (κ3) is 3.66. The molecule has 11 heteroatoms. The lowest BCUT2D eigenvalue weighted by Gasteiger charge is -2.32. The molecular formula is C15H16F3N3O5. The molecule has 8 nitrogen and oxygen atoms in total. The van der Waals surface area contributed by atoms with E-state index in [1.165, 1.54) is 4.90 Å². The molecule has 0 aromatic heterocycles. The highest BCUT2D eigenvalue weighted by atomic mass is 19.4. The summed E-state index contributed by atoms with van der Waals surface area (Å²) in [5, 5.41) is 19.9. The number of hydrogen-bond donors (Lipinski definition) is 1. The number of ether oxygens (including phenoxy) is 1. The first-order valence-corrected chi connectivity index (χ1v) is 7.88. The molecule has 142 valence electrons. The van der Waals surface area contributed by atoms with E-state index in [0.29, 0.717) is 25.7 Å². The number of halogens is 3. The van der Waals surface area contributed by atoms with Crippen LogP contribution in [0.2, 0.25) is 0 Å². The van der Waals surface area contributed by atoms with Gasteiger partial charge in [0.1, 0.15) is 12.4 Å². The van der Waals surface area contributed by atoms with E-state index in [9.17, 15) is 28.1 Å². The lowest BCUT2D eigenvalue weighted by atomic mass is 10.2. The zero-order chi connectivity index (χ0) is 19.1. The summed E-state index contributed by atoms with van der Waals surface area (Å²) in [5.41, 5.74) is -1.83. The van der Waals surface area contributed by atoms with Gasteiger partial charge in [0.05, 0.1) is 16.6 Å². The van der Waals surface area contributed by atoms with Gasteiger partial charge in [-0.1, -0.05) is 0 Å². The summed E-state index contributed by atoms with van der Waals surface area (Å²) in [6.07, 6.45) is -4.94. The number of nitro groups is 1. The van der Waals surface area contributed by atoms with Crippen molar-refractivity contribution in [3.8, 4) is 5.75 Å². The number of benzene rings is 1. The molecule has 1 amide bonds. The molecule has 1 aromatic carbocycles. The van der Waals surface area contributed by atoms with Crippen LogP contribution in [0.25, 0.3) is 0 Å². The highest BCUT2D eigenvalue weighted by Gasteiger charge is 2.45. The van der Waals surface area contributed by atoms with Crippen LogP contribution in [0.4, 0.5) is 23.7 Å². The van der Waals surface area contributed by atoms with Crippen LogP contribution in [0.3, 0.4) is 0 Å². The SMILES string of the molecule is O=C(O)N1CC2CC1CN2CCOc1cc([N+](=O)[O-])cc(C(F)(F)F)c1. The molecule has 2 aliphatic rings. The molecule has 2 atom stereocenters. The van der Waals surface area contributed by atoms with Crippen molar-refractivity contribution in [2.45, 2.75) is 24.7 Å². The maximum Gasteiger partial charge on any atom is 0.416 e. The minimum atomic E-state index is -4.71. The van der Waals surface area contributed by atoms with Crippen LogP contribution in [0.1, 0.15) is 12.0 Å². The van der Waals surface area contributed by atoms with Gasteiger partial charge in [0.15, 0.2) is 0 Å². The topological polar surface area (TPSA) is 96.2 Å². The zero-order valence-electron chi connectivity index (χ0n) is 13.5. The second-order valence-corrected chi connectivity index (χ2v) is 6.29. The Hall–Kier alpha value is -2.56. The van der Waals surface area contributed by atoms with Gasteiger partial charge in [0, 0.05) is 37.8 Å². The van der Waals surface area contributed by atoms with Crippen molar-refractivity contribution in [3.05, 3.63) is 33.9 Å². The molecule has 2 bridgehead atoms. The number of piperazine rings is 1. The van der Waals surface area contributed by atoms with Crippen molar-refractivity contribution >= 4 is 11.8 Å². The van der Waals surface area contributed by atoms with Gasteiger partial charge in [-0.05, 0) is 12.5 Å².